The van der Waals surface area contributed by atoms with Gasteiger partial charge in [-0.05, 0) is 57.2 Å². The number of hydrogen-bond acceptors (Lipinski definition) is 6. The number of hydrogen-bond donors (Lipinski definition) is 1. The molecule has 4 rings (SSSR count). The monoisotopic (exact) mass is 487 g/mol. The molecular formula is C24H27Cl2N5O2. The fourth-order valence-corrected chi connectivity index (χ4v) is 4.32. The summed E-state index contributed by atoms with van der Waals surface area (Å²) in [5.74, 6) is 0.868. The summed E-state index contributed by atoms with van der Waals surface area (Å²) in [7, 11) is 0. The number of nitrogens with one attached hydrogen (secondary N) is 1. The number of benzene rings is 2. The van der Waals surface area contributed by atoms with E-state index in [0.29, 0.717) is 27.5 Å². The minimum absolute atomic E-state index is 0.170. The predicted molar refractivity (Wildman–Crippen MR) is 134 cm³/mol. The van der Waals surface area contributed by atoms with Crippen LogP contribution in [0.2, 0.25) is 10.0 Å². The first kappa shape index (κ1) is 23.5. The average molecular weight is 488 g/mol. The van der Waals surface area contributed by atoms with Crippen LogP contribution in [0, 0.1) is 6.92 Å². The second-order valence-electron chi connectivity index (χ2n) is 8.37. The Hall–Kier alpha value is -2.61. The van der Waals surface area contributed by atoms with Crippen molar-refractivity contribution in [2.24, 2.45) is 0 Å². The molecule has 0 atom stereocenters. The van der Waals surface area contributed by atoms with Crippen molar-refractivity contribution in [2.75, 3.05) is 43.0 Å². The van der Waals surface area contributed by atoms with Gasteiger partial charge < -0.3 is 15.0 Å². The van der Waals surface area contributed by atoms with Crippen molar-refractivity contribution >= 4 is 51.6 Å². The van der Waals surface area contributed by atoms with Crippen LogP contribution >= 0.6 is 23.2 Å². The van der Waals surface area contributed by atoms with Gasteiger partial charge in [0.1, 0.15) is 5.75 Å². The third-order valence-corrected chi connectivity index (χ3v) is 6.27. The summed E-state index contributed by atoms with van der Waals surface area (Å²) in [6, 6.07) is 11.0. The van der Waals surface area contributed by atoms with Crippen molar-refractivity contribution < 1.29 is 9.53 Å². The van der Waals surface area contributed by atoms with Crippen LogP contribution in [0.4, 0.5) is 11.6 Å². The van der Waals surface area contributed by atoms with Crippen molar-refractivity contribution in [3.8, 4) is 5.75 Å². The fourth-order valence-electron chi connectivity index (χ4n) is 3.86. The van der Waals surface area contributed by atoms with Crippen LogP contribution in [0.15, 0.2) is 36.4 Å². The lowest BCUT2D eigenvalue weighted by Crippen LogP contribution is -2.49. The Balaban J connectivity index is 1.42. The molecule has 1 amide bonds. The maximum atomic E-state index is 12.4. The Morgan fingerprint density at radius 1 is 1.09 bits per heavy atom. The Labute approximate surface area is 203 Å². The SMILES string of the molecule is Cc1nc(N2CCN(C(C)C)CC2)nc2ccc(NC(=O)COc3ccc(Cl)cc3Cl)cc12. The molecule has 2 heterocycles. The highest BCUT2D eigenvalue weighted by atomic mass is 35.5. The molecule has 9 heteroatoms. The van der Waals surface area contributed by atoms with Gasteiger partial charge in [0.25, 0.3) is 5.91 Å². The summed E-state index contributed by atoms with van der Waals surface area (Å²) >= 11 is 12.0. The van der Waals surface area contributed by atoms with E-state index in [1.807, 2.05) is 25.1 Å². The van der Waals surface area contributed by atoms with Crippen LogP contribution in [0.5, 0.6) is 5.75 Å². The Morgan fingerprint density at radius 2 is 1.85 bits per heavy atom. The highest BCUT2D eigenvalue weighted by Gasteiger charge is 2.21. The van der Waals surface area contributed by atoms with Crippen LogP contribution in [0.3, 0.4) is 0 Å². The number of halogens is 2. The number of amides is 1. The summed E-state index contributed by atoms with van der Waals surface area (Å²) in [6.07, 6.45) is 0. The molecule has 0 saturated carbocycles. The quantitative estimate of drug-likeness (QED) is 0.538. The molecule has 0 aliphatic carbocycles. The number of ether oxygens (including phenoxy) is 1. The van der Waals surface area contributed by atoms with Crippen molar-refractivity contribution in [1.29, 1.82) is 0 Å². The summed E-state index contributed by atoms with van der Waals surface area (Å²) in [6.45, 7) is 10.1. The highest BCUT2D eigenvalue weighted by molar-refractivity contribution is 6.35. The largest absolute Gasteiger partial charge is 0.482 e. The molecule has 0 unspecified atom stereocenters. The minimum atomic E-state index is -0.293. The number of aromatic nitrogens is 2. The van der Waals surface area contributed by atoms with E-state index in [2.05, 4.69) is 29.0 Å². The molecule has 1 aliphatic heterocycles. The number of fused-ring (bicyclic) bond motifs is 1. The normalized spacial score (nSPS) is 14.7. The van der Waals surface area contributed by atoms with Gasteiger partial charge in [-0.15, -0.1) is 0 Å². The van der Waals surface area contributed by atoms with E-state index in [4.69, 9.17) is 37.9 Å². The van der Waals surface area contributed by atoms with Crippen molar-refractivity contribution in [2.45, 2.75) is 26.8 Å². The number of carbonyl (C=O) groups excluding carboxylic acids is 1. The zero-order chi connectivity index (χ0) is 23.5. The Morgan fingerprint density at radius 3 is 2.55 bits per heavy atom. The molecule has 0 spiro atoms. The van der Waals surface area contributed by atoms with E-state index in [0.717, 1.165) is 48.7 Å². The van der Waals surface area contributed by atoms with Gasteiger partial charge in [-0.2, -0.15) is 0 Å². The lowest BCUT2D eigenvalue weighted by atomic mass is 10.1. The van der Waals surface area contributed by atoms with Gasteiger partial charge in [0.15, 0.2) is 6.61 Å². The number of nitrogens with zero attached hydrogens (tertiary/aromatic N) is 4. The number of carbonyl (C=O) groups is 1. The van der Waals surface area contributed by atoms with E-state index < -0.39 is 0 Å². The molecule has 1 N–H and O–H groups in total. The van der Waals surface area contributed by atoms with Crippen molar-refractivity contribution in [3.05, 3.63) is 52.1 Å². The maximum absolute atomic E-state index is 12.4. The van der Waals surface area contributed by atoms with Crippen LogP contribution in [0.1, 0.15) is 19.5 Å². The molecule has 2 aromatic carbocycles. The topological polar surface area (TPSA) is 70.6 Å². The first-order valence-electron chi connectivity index (χ1n) is 11.0. The maximum Gasteiger partial charge on any atom is 0.262 e. The van der Waals surface area contributed by atoms with Gasteiger partial charge in [-0.1, -0.05) is 23.2 Å². The van der Waals surface area contributed by atoms with Crippen LogP contribution in [0.25, 0.3) is 10.9 Å². The Bertz CT molecular complexity index is 1160. The lowest BCUT2D eigenvalue weighted by molar-refractivity contribution is -0.118. The third-order valence-electron chi connectivity index (χ3n) is 5.74. The van der Waals surface area contributed by atoms with Crippen LogP contribution < -0.4 is 15.0 Å². The molecule has 1 aromatic heterocycles. The molecule has 3 aromatic rings. The van der Waals surface area contributed by atoms with Gasteiger partial charge in [0, 0.05) is 48.3 Å². The summed E-state index contributed by atoms with van der Waals surface area (Å²) < 4.78 is 5.51. The molecule has 0 bridgehead atoms. The fraction of sp³-hybridized carbons (Fsp3) is 0.375. The second-order valence-corrected chi connectivity index (χ2v) is 9.21. The standard InChI is InChI=1S/C24H27Cl2N5O2/c1-15(2)30-8-10-31(11-9-30)24-27-16(3)19-13-18(5-6-21(19)29-24)28-23(32)14-33-22-7-4-17(25)12-20(22)26/h4-7,12-13,15H,8-11,14H2,1-3H3,(H,28,32). The molecule has 1 saturated heterocycles. The smallest absolute Gasteiger partial charge is 0.262 e. The van der Waals surface area contributed by atoms with Gasteiger partial charge >= 0.3 is 0 Å². The molecule has 33 heavy (non-hydrogen) atoms. The van der Waals surface area contributed by atoms with E-state index in [-0.39, 0.29) is 12.5 Å². The zero-order valence-electron chi connectivity index (χ0n) is 18.9. The number of anilines is 2. The Kier molecular flexibility index (Phi) is 7.22. The molecule has 174 valence electrons. The van der Waals surface area contributed by atoms with E-state index in [9.17, 15) is 4.79 Å². The first-order chi connectivity index (χ1) is 15.8. The number of piperazine rings is 1. The number of aryl methyl sites for hydroxylation is 1. The molecule has 0 radical (unpaired) electrons. The van der Waals surface area contributed by atoms with Crippen LogP contribution in [-0.2, 0) is 4.79 Å². The highest BCUT2D eigenvalue weighted by Crippen LogP contribution is 2.28. The van der Waals surface area contributed by atoms with Crippen molar-refractivity contribution in [1.82, 2.24) is 14.9 Å². The van der Waals surface area contributed by atoms with E-state index in [1.165, 1.54) is 0 Å². The first-order valence-corrected chi connectivity index (χ1v) is 11.7. The average Bonchev–Trinajstić information content (AvgIpc) is 2.79. The summed E-state index contributed by atoms with van der Waals surface area (Å²) in [5, 5.41) is 4.62. The van der Waals surface area contributed by atoms with Gasteiger partial charge in [0.05, 0.1) is 16.2 Å². The molecular weight excluding hydrogens is 461 g/mol. The summed E-state index contributed by atoms with van der Waals surface area (Å²) in [5.41, 5.74) is 2.39. The molecule has 1 aliphatic rings. The van der Waals surface area contributed by atoms with Gasteiger partial charge in [-0.3, -0.25) is 9.69 Å². The van der Waals surface area contributed by atoms with E-state index in [1.54, 1.807) is 18.2 Å². The summed E-state index contributed by atoms with van der Waals surface area (Å²) in [4.78, 5) is 26.6. The van der Waals surface area contributed by atoms with E-state index >= 15 is 0 Å². The van der Waals surface area contributed by atoms with Crippen LogP contribution in [-0.4, -0.2) is 59.6 Å². The lowest BCUT2D eigenvalue weighted by Gasteiger charge is -2.37. The zero-order valence-corrected chi connectivity index (χ0v) is 20.5. The predicted octanol–water partition coefficient (Wildman–Crippen LogP) is 4.79. The minimum Gasteiger partial charge on any atom is -0.482 e. The third kappa shape index (κ3) is 5.66. The molecule has 1 fully saturated rings. The molecule has 7 nitrogen and oxygen atoms in total. The second kappa shape index (κ2) is 10.1. The number of rotatable bonds is 6. The van der Waals surface area contributed by atoms with Crippen molar-refractivity contribution in [3.63, 3.8) is 0 Å². The van der Waals surface area contributed by atoms with Gasteiger partial charge in [-0.25, -0.2) is 9.97 Å². The van der Waals surface area contributed by atoms with Gasteiger partial charge in [0.2, 0.25) is 5.95 Å².